The van der Waals surface area contributed by atoms with Crippen LogP contribution in [0.15, 0.2) is 5.51 Å². The fourth-order valence-corrected chi connectivity index (χ4v) is 4.90. The Balaban J connectivity index is 1.45. The van der Waals surface area contributed by atoms with Gasteiger partial charge in [0, 0.05) is 31.1 Å². The fourth-order valence-electron chi connectivity index (χ4n) is 4.04. The smallest absolute Gasteiger partial charge is 0.225 e. The van der Waals surface area contributed by atoms with Gasteiger partial charge in [-0.3, -0.25) is 4.79 Å². The van der Waals surface area contributed by atoms with Gasteiger partial charge in [-0.05, 0) is 39.2 Å². The molecule has 1 aromatic heterocycles. The summed E-state index contributed by atoms with van der Waals surface area (Å²) in [6, 6.07) is 0. The quantitative estimate of drug-likeness (QED) is 0.855. The number of aliphatic hydroxyl groups is 1. The summed E-state index contributed by atoms with van der Waals surface area (Å²) in [5, 5.41) is 10.4. The van der Waals surface area contributed by atoms with Crippen molar-refractivity contribution in [2.75, 3.05) is 26.7 Å². The lowest BCUT2D eigenvalue weighted by atomic mass is 9.97. The second kappa shape index (κ2) is 7.50. The minimum absolute atomic E-state index is 0.142. The van der Waals surface area contributed by atoms with Crippen LogP contribution in [-0.4, -0.2) is 58.1 Å². The highest BCUT2D eigenvalue weighted by atomic mass is 32.1. The van der Waals surface area contributed by atoms with E-state index in [4.69, 9.17) is 0 Å². The molecule has 2 fully saturated rings. The lowest BCUT2D eigenvalue weighted by Gasteiger charge is -2.25. The van der Waals surface area contributed by atoms with E-state index < -0.39 is 5.60 Å². The Morgan fingerprint density at radius 1 is 1.50 bits per heavy atom. The van der Waals surface area contributed by atoms with Crippen molar-refractivity contribution >= 4 is 17.2 Å². The van der Waals surface area contributed by atoms with Gasteiger partial charge in [-0.2, -0.15) is 0 Å². The van der Waals surface area contributed by atoms with Crippen molar-refractivity contribution in [1.82, 2.24) is 14.8 Å². The number of aryl methyl sites for hydroxylation is 1. The largest absolute Gasteiger partial charge is 0.389 e. The van der Waals surface area contributed by atoms with Crippen LogP contribution in [0.25, 0.3) is 0 Å². The third-order valence-electron chi connectivity index (χ3n) is 5.48. The number of carbonyl (C=O) groups excluding carboxylic acids is 1. The Kier molecular flexibility index (Phi) is 5.57. The topological polar surface area (TPSA) is 56.7 Å². The molecule has 3 rings (SSSR count). The van der Waals surface area contributed by atoms with Crippen molar-refractivity contribution in [1.29, 1.82) is 0 Å². The molecule has 2 heterocycles. The SMILES string of the molecule is Cc1ncsc1CN(C)C[C@@H]1CCN(C(=O)CC2(O)CCCC2)C1. The first-order valence-corrected chi connectivity index (χ1v) is 9.91. The third kappa shape index (κ3) is 4.35. The van der Waals surface area contributed by atoms with Crippen LogP contribution in [0.3, 0.4) is 0 Å². The molecule has 1 aliphatic carbocycles. The van der Waals surface area contributed by atoms with E-state index >= 15 is 0 Å². The second-order valence-corrected chi connectivity index (χ2v) is 8.60. The molecule has 6 heteroatoms. The summed E-state index contributed by atoms with van der Waals surface area (Å²) in [5.41, 5.74) is 2.30. The van der Waals surface area contributed by atoms with E-state index in [0.29, 0.717) is 12.3 Å². The van der Waals surface area contributed by atoms with E-state index in [1.807, 2.05) is 10.4 Å². The zero-order chi connectivity index (χ0) is 17.2. The molecule has 1 atom stereocenters. The molecule has 1 aromatic rings. The van der Waals surface area contributed by atoms with Gasteiger partial charge in [0.05, 0.1) is 23.2 Å². The molecular formula is C18H29N3O2S. The summed E-state index contributed by atoms with van der Waals surface area (Å²) in [5.74, 6) is 0.674. The molecule has 24 heavy (non-hydrogen) atoms. The molecule has 0 bridgehead atoms. The van der Waals surface area contributed by atoms with Crippen LogP contribution in [0, 0.1) is 12.8 Å². The van der Waals surface area contributed by atoms with Crippen LogP contribution in [0.5, 0.6) is 0 Å². The fraction of sp³-hybridized carbons (Fsp3) is 0.778. The first-order valence-electron chi connectivity index (χ1n) is 9.03. The van der Waals surface area contributed by atoms with Crippen LogP contribution >= 0.6 is 11.3 Å². The first-order chi connectivity index (χ1) is 11.5. The Labute approximate surface area is 148 Å². The maximum atomic E-state index is 12.5. The molecule has 0 spiro atoms. The van der Waals surface area contributed by atoms with Gasteiger partial charge >= 0.3 is 0 Å². The third-order valence-corrected chi connectivity index (χ3v) is 6.40. The highest BCUT2D eigenvalue weighted by Gasteiger charge is 2.36. The monoisotopic (exact) mass is 351 g/mol. The number of likely N-dealkylation sites (tertiary alicyclic amines) is 1. The average molecular weight is 352 g/mol. The normalized spacial score (nSPS) is 23.3. The van der Waals surface area contributed by atoms with Gasteiger partial charge in [-0.15, -0.1) is 11.3 Å². The standard InChI is InChI=1S/C18H29N3O2S/c1-14-16(24-13-19-14)12-20(2)10-15-5-8-21(11-15)17(22)9-18(23)6-3-4-7-18/h13,15,23H,3-12H2,1-2H3/t15-/m0/s1. The van der Waals surface area contributed by atoms with Gasteiger partial charge in [0.2, 0.25) is 5.91 Å². The molecule has 2 aliphatic rings. The maximum absolute atomic E-state index is 12.5. The summed E-state index contributed by atoms with van der Waals surface area (Å²) in [7, 11) is 2.14. The lowest BCUT2D eigenvalue weighted by Crippen LogP contribution is -2.37. The number of amides is 1. The van der Waals surface area contributed by atoms with Crippen LogP contribution < -0.4 is 0 Å². The van der Waals surface area contributed by atoms with Crippen molar-refractivity contribution in [3.63, 3.8) is 0 Å². The van der Waals surface area contributed by atoms with Gasteiger partial charge in [0.15, 0.2) is 0 Å². The van der Waals surface area contributed by atoms with Crippen LogP contribution in [0.4, 0.5) is 0 Å². The van der Waals surface area contributed by atoms with Crippen molar-refractivity contribution in [2.45, 2.75) is 57.6 Å². The van der Waals surface area contributed by atoms with Gasteiger partial charge in [0.25, 0.3) is 0 Å². The molecule has 0 aromatic carbocycles. The molecular weight excluding hydrogens is 322 g/mol. The highest BCUT2D eigenvalue weighted by Crippen LogP contribution is 2.33. The molecule has 1 N–H and O–H groups in total. The number of hydrogen-bond acceptors (Lipinski definition) is 5. The predicted molar refractivity (Wildman–Crippen MR) is 95.9 cm³/mol. The lowest BCUT2D eigenvalue weighted by molar-refractivity contribution is -0.135. The molecule has 0 unspecified atom stereocenters. The Bertz CT molecular complexity index is 568. The van der Waals surface area contributed by atoms with Gasteiger partial charge in [0.1, 0.15) is 0 Å². The number of thiazole rings is 1. The number of aromatic nitrogens is 1. The van der Waals surface area contributed by atoms with Gasteiger partial charge < -0.3 is 14.9 Å². The van der Waals surface area contributed by atoms with Crippen molar-refractivity contribution < 1.29 is 9.90 Å². The Morgan fingerprint density at radius 3 is 2.92 bits per heavy atom. The van der Waals surface area contributed by atoms with Gasteiger partial charge in [-0.1, -0.05) is 12.8 Å². The summed E-state index contributed by atoms with van der Waals surface area (Å²) >= 11 is 1.71. The van der Waals surface area contributed by atoms with E-state index in [1.165, 1.54) is 4.88 Å². The summed E-state index contributed by atoms with van der Waals surface area (Å²) in [6.45, 7) is 5.67. The molecule has 1 saturated carbocycles. The van der Waals surface area contributed by atoms with E-state index in [9.17, 15) is 9.90 Å². The Hall–Kier alpha value is -0.980. The number of rotatable bonds is 6. The van der Waals surface area contributed by atoms with Gasteiger partial charge in [-0.25, -0.2) is 4.98 Å². The highest BCUT2D eigenvalue weighted by molar-refractivity contribution is 7.09. The zero-order valence-electron chi connectivity index (χ0n) is 14.8. The maximum Gasteiger partial charge on any atom is 0.225 e. The summed E-state index contributed by atoms with van der Waals surface area (Å²) < 4.78 is 0. The number of carbonyl (C=O) groups is 1. The molecule has 134 valence electrons. The second-order valence-electron chi connectivity index (χ2n) is 7.66. The number of nitrogens with zero attached hydrogens (tertiary/aromatic N) is 3. The average Bonchev–Trinajstić information content (AvgIpc) is 3.23. The van der Waals surface area contributed by atoms with E-state index in [-0.39, 0.29) is 5.91 Å². The van der Waals surface area contributed by atoms with E-state index in [1.54, 1.807) is 11.3 Å². The molecule has 1 saturated heterocycles. The summed E-state index contributed by atoms with van der Waals surface area (Å²) in [4.78, 5) is 22.4. The van der Waals surface area contributed by atoms with Crippen molar-refractivity contribution in [2.24, 2.45) is 5.92 Å². The first kappa shape index (κ1) is 17.8. The minimum Gasteiger partial charge on any atom is -0.389 e. The van der Waals surface area contributed by atoms with E-state index in [0.717, 1.165) is 64.0 Å². The molecule has 1 aliphatic heterocycles. The molecule has 0 radical (unpaired) electrons. The Morgan fingerprint density at radius 2 is 2.25 bits per heavy atom. The molecule has 1 amide bonds. The zero-order valence-corrected chi connectivity index (χ0v) is 15.6. The van der Waals surface area contributed by atoms with Crippen LogP contribution in [-0.2, 0) is 11.3 Å². The van der Waals surface area contributed by atoms with E-state index in [2.05, 4.69) is 23.9 Å². The van der Waals surface area contributed by atoms with Crippen molar-refractivity contribution in [3.05, 3.63) is 16.1 Å². The predicted octanol–water partition coefficient (Wildman–Crippen LogP) is 2.43. The minimum atomic E-state index is -0.727. The van der Waals surface area contributed by atoms with Crippen molar-refractivity contribution in [3.8, 4) is 0 Å². The summed E-state index contributed by atoms with van der Waals surface area (Å²) in [6.07, 6.45) is 5.05. The molecule has 5 nitrogen and oxygen atoms in total. The van der Waals surface area contributed by atoms with Crippen LogP contribution in [0.2, 0.25) is 0 Å². The number of hydrogen-bond donors (Lipinski definition) is 1. The van der Waals surface area contributed by atoms with Crippen LogP contribution in [0.1, 0.15) is 49.1 Å².